The minimum atomic E-state index is -1.46. The van der Waals surface area contributed by atoms with Gasteiger partial charge in [0.2, 0.25) is 5.91 Å². The van der Waals surface area contributed by atoms with E-state index in [9.17, 15) is 19.5 Å². The highest BCUT2D eigenvalue weighted by Gasteiger charge is 2.53. The summed E-state index contributed by atoms with van der Waals surface area (Å²) in [5.74, 6) is -2.05. The summed E-state index contributed by atoms with van der Waals surface area (Å²) in [5.41, 5.74) is 2.85. The number of nitrogens with one attached hydrogen (secondary N) is 1. The molecule has 2 saturated heterocycles. The van der Waals surface area contributed by atoms with Crippen molar-refractivity contribution in [1.29, 1.82) is 0 Å². The Hall–Kier alpha value is -3.31. The van der Waals surface area contributed by atoms with Crippen LogP contribution in [0.3, 0.4) is 0 Å². The second kappa shape index (κ2) is 37.4. The van der Waals surface area contributed by atoms with Crippen molar-refractivity contribution in [3.63, 3.8) is 0 Å². The van der Waals surface area contributed by atoms with Crippen molar-refractivity contribution >= 4 is 17.8 Å². The Kier molecular flexibility index (Phi) is 31.8. The van der Waals surface area contributed by atoms with Gasteiger partial charge in [-0.1, -0.05) is 222 Å². The average Bonchev–Trinajstić information content (AvgIpc) is 3.35. The molecule has 0 spiro atoms. The molecule has 402 valence electrons. The Bertz CT molecular complexity index is 1660. The molecule has 0 bridgehead atoms. The van der Waals surface area contributed by atoms with Crippen molar-refractivity contribution < 1.29 is 43.2 Å². The molecule has 71 heavy (non-hydrogen) atoms. The van der Waals surface area contributed by atoms with E-state index < -0.39 is 54.4 Å². The molecule has 6 atom stereocenters. The molecule has 10 nitrogen and oxygen atoms in total. The van der Waals surface area contributed by atoms with Gasteiger partial charge in [0.1, 0.15) is 24.4 Å². The van der Waals surface area contributed by atoms with Gasteiger partial charge in [-0.3, -0.25) is 14.4 Å². The van der Waals surface area contributed by atoms with Crippen LogP contribution in [0.15, 0.2) is 60.7 Å². The second-order valence-electron chi connectivity index (χ2n) is 21.4. The van der Waals surface area contributed by atoms with Crippen LogP contribution in [-0.4, -0.2) is 72.1 Å². The van der Waals surface area contributed by atoms with E-state index in [-0.39, 0.29) is 25.4 Å². The van der Waals surface area contributed by atoms with Crippen LogP contribution in [0.1, 0.15) is 244 Å². The summed E-state index contributed by atoms with van der Waals surface area (Å²) in [6, 6.07) is 20.4. The molecule has 0 aromatic heterocycles. The van der Waals surface area contributed by atoms with E-state index >= 15 is 0 Å². The van der Waals surface area contributed by atoms with Gasteiger partial charge >= 0.3 is 11.9 Å². The van der Waals surface area contributed by atoms with Crippen LogP contribution in [0.25, 0.3) is 0 Å². The number of aryl methyl sites for hydroxylation is 2. The monoisotopic (exact) mass is 990 g/mol. The summed E-state index contributed by atoms with van der Waals surface area (Å²) >= 11 is 0. The number of amides is 1. The van der Waals surface area contributed by atoms with Gasteiger partial charge in [-0.2, -0.15) is 0 Å². The maximum atomic E-state index is 13.9. The Balaban J connectivity index is 1.18. The molecule has 2 aliphatic rings. The first-order valence-electron chi connectivity index (χ1n) is 29.0. The number of hydrogen-bond donors (Lipinski definition) is 2. The topological polar surface area (TPSA) is 130 Å². The summed E-state index contributed by atoms with van der Waals surface area (Å²) in [7, 11) is 0. The van der Waals surface area contributed by atoms with E-state index in [4.69, 9.17) is 23.7 Å². The SMILES string of the molecule is CCCCCCCCCCC[C@@H](CC(=O)N[C@@H]1[C@@H](OC(=O)CCCCCCCCCCCCc2ccccc2)[C@@H]2OC(C)(C)OC[C@H]2O[C@H]1O)OC(=O)CCCCCCCCCCCCc1ccccc1. The summed E-state index contributed by atoms with van der Waals surface area (Å²) in [6.07, 6.45) is 32.4. The number of aliphatic hydroxyl groups is 1. The molecule has 0 unspecified atom stereocenters. The molecule has 2 fully saturated rings. The zero-order valence-electron chi connectivity index (χ0n) is 44.9. The van der Waals surface area contributed by atoms with Crippen molar-refractivity contribution in [1.82, 2.24) is 5.32 Å². The van der Waals surface area contributed by atoms with E-state index in [1.54, 1.807) is 13.8 Å². The molecular formula is C61H99NO9. The average molecular weight is 990 g/mol. The molecule has 2 aromatic rings. The number of unbranched alkanes of at least 4 members (excludes halogenated alkanes) is 26. The standard InChI is InChI=1S/C61H99NO9/c1-4-5-6-7-8-13-20-25-36-45-52(68-55(64)46-37-26-21-16-11-9-14-18-23-30-39-50-41-32-28-33-42-50)48-54(63)62-57-59(58-53(69-60(57)66)49-67-61(2,3)71-58)70-56(65)47-38-27-22-17-12-10-15-19-24-31-40-51-43-34-29-35-44-51/h28-29,32-35,41-44,52-53,57-60,66H,4-27,30-31,36-40,45-49H2,1-3H3,(H,62,63)/t52-,53+,57+,58+,59+,60+/m0/s1. The van der Waals surface area contributed by atoms with Gasteiger partial charge in [0.05, 0.1) is 13.0 Å². The van der Waals surface area contributed by atoms with E-state index in [2.05, 4.69) is 72.9 Å². The molecule has 0 aliphatic carbocycles. The lowest BCUT2D eigenvalue weighted by Gasteiger charge is -2.49. The molecule has 2 aromatic carbocycles. The minimum absolute atomic E-state index is 0.0588. The lowest BCUT2D eigenvalue weighted by atomic mass is 9.94. The first-order chi connectivity index (χ1) is 34.6. The fourth-order valence-corrected chi connectivity index (χ4v) is 10.2. The van der Waals surface area contributed by atoms with Crippen LogP contribution in [0.5, 0.6) is 0 Å². The highest BCUT2D eigenvalue weighted by molar-refractivity contribution is 5.78. The Morgan fingerprint density at radius 1 is 0.606 bits per heavy atom. The van der Waals surface area contributed by atoms with Crippen molar-refractivity contribution in [3.8, 4) is 0 Å². The van der Waals surface area contributed by atoms with Crippen molar-refractivity contribution in [2.24, 2.45) is 0 Å². The summed E-state index contributed by atoms with van der Waals surface area (Å²) in [6.45, 7) is 5.95. The Morgan fingerprint density at radius 3 is 1.54 bits per heavy atom. The number of benzene rings is 2. The first kappa shape index (κ1) is 60.2. The zero-order chi connectivity index (χ0) is 50.6. The lowest BCUT2D eigenvalue weighted by molar-refractivity contribution is -0.365. The van der Waals surface area contributed by atoms with Crippen molar-refractivity contribution in [2.45, 2.75) is 288 Å². The van der Waals surface area contributed by atoms with Crippen molar-refractivity contribution in [3.05, 3.63) is 71.8 Å². The van der Waals surface area contributed by atoms with E-state index in [1.807, 2.05) is 0 Å². The molecule has 0 radical (unpaired) electrons. The van der Waals surface area contributed by atoms with Crippen LogP contribution in [0.2, 0.25) is 0 Å². The summed E-state index contributed by atoms with van der Waals surface area (Å²) < 4.78 is 30.2. The van der Waals surface area contributed by atoms with Crippen LogP contribution in [0.4, 0.5) is 0 Å². The minimum Gasteiger partial charge on any atom is -0.462 e. The van der Waals surface area contributed by atoms with Crippen LogP contribution in [-0.2, 0) is 50.9 Å². The molecule has 1 amide bonds. The number of carbonyl (C=O) groups excluding carboxylic acids is 3. The third kappa shape index (κ3) is 27.5. The van der Waals surface area contributed by atoms with Gasteiger partial charge in [0.25, 0.3) is 0 Å². The second-order valence-corrected chi connectivity index (χ2v) is 21.4. The molecule has 2 aliphatic heterocycles. The predicted octanol–water partition coefficient (Wildman–Crippen LogP) is 14.5. The summed E-state index contributed by atoms with van der Waals surface area (Å²) in [4.78, 5) is 40.6. The number of esters is 2. The third-order valence-corrected chi connectivity index (χ3v) is 14.5. The van der Waals surface area contributed by atoms with Crippen molar-refractivity contribution in [2.75, 3.05) is 6.61 Å². The maximum absolute atomic E-state index is 13.9. The largest absolute Gasteiger partial charge is 0.462 e. The Morgan fingerprint density at radius 2 is 1.04 bits per heavy atom. The van der Waals surface area contributed by atoms with E-state index in [0.717, 1.165) is 64.2 Å². The molecular weight excluding hydrogens is 891 g/mol. The number of aliphatic hydroxyl groups excluding tert-OH is 1. The fraction of sp³-hybridized carbons (Fsp3) is 0.754. The van der Waals surface area contributed by atoms with Gasteiger partial charge in [0, 0.05) is 12.8 Å². The normalized spacial score (nSPS) is 20.0. The maximum Gasteiger partial charge on any atom is 0.306 e. The van der Waals surface area contributed by atoms with Gasteiger partial charge < -0.3 is 34.1 Å². The highest BCUT2D eigenvalue weighted by Crippen LogP contribution is 2.34. The number of fused-ring (bicyclic) bond motifs is 1. The van der Waals surface area contributed by atoms with Gasteiger partial charge in [-0.15, -0.1) is 0 Å². The number of hydrogen-bond acceptors (Lipinski definition) is 9. The van der Waals surface area contributed by atoms with E-state index in [1.165, 1.54) is 140 Å². The van der Waals surface area contributed by atoms with Crippen LogP contribution >= 0.6 is 0 Å². The van der Waals surface area contributed by atoms with Gasteiger partial charge in [-0.05, 0) is 76.3 Å². The quantitative estimate of drug-likeness (QED) is 0.0494. The lowest BCUT2D eigenvalue weighted by Crippen LogP contribution is -2.69. The van der Waals surface area contributed by atoms with E-state index in [0.29, 0.717) is 19.3 Å². The Labute approximate surface area is 431 Å². The zero-order valence-corrected chi connectivity index (χ0v) is 44.9. The number of ether oxygens (including phenoxy) is 5. The summed E-state index contributed by atoms with van der Waals surface area (Å²) in [5, 5.41) is 14.2. The first-order valence-corrected chi connectivity index (χ1v) is 29.0. The van der Waals surface area contributed by atoms with Crippen LogP contribution in [0, 0.1) is 0 Å². The number of rotatable bonds is 41. The predicted molar refractivity (Wildman–Crippen MR) is 286 cm³/mol. The highest BCUT2D eigenvalue weighted by atomic mass is 16.7. The molecule has 2 N–H and O–H groups in total. The molecule has 4 rings (SSSR count). The smallest absolute Gasteiger partial charge is 0.306 e. The molecule has 10 heteroatoms. The fourth-order valence-electron chi connectivity index (χ4n) is 10.2. The third-order valence-electron chi connectivity index (χ3n) is 14.5. The molecule has 2 heterocycles. The number of carbonyl (C=O) groups is 3. The molecule has 0 saturated carbocycles. The van der Waals surface area contributed by atoms with Gasteiger partial charge in [0.15, 0.2) is 18.2 Å². The van der Waals surface area contributed by atoms with Crippen LogP contribution < -0.4 is 5.32 Å². The van der Waals surface area contributed by atoms with Gasteiger partial charge in [-0.25, -0.2) is 0 Å².